The van der Waals surface area contributed by atoms with Crippen LogP contribution >= 0.6 is 23.2 Å². The van der Waals surface area contributed by atoms with Crippen LogP contribution in [0, 0.1) is 12.8 Å². The van der Waals surface area contributed by atoms with Gasteiger partial charge in [-0.15, -0.1) is 0 Å². The van der Waals surface area contributed by atoms with Gasteiger partial charge in [0, 0.05) is 38.5 Å². The molecule has 33 heavy (non-hydrogen) atoms. The summed E-state index contributed by atoms with van der Waals surface area (Å²) in [6.07, 6.45) is 0. The standard InChI is InChI=1S/C23H22Cl2N4O4/c1-11-19(22(30)28-26-11)21(20-12(2)27-29-23(20)31)13-7-8-17(18(9-13)32-3)33-10-14-15(24)5-4-6-16(14)25/h4-9,19,21H,10H2,1-3H3,(H,28,30)(H2,27,29,31). The molecule has 0 fully saturated rings. The molecule has 1 amide bonds. The highest BCUT2D eigenvalue weighted by Gasteiger charge is 2.39. The average Bonchev–Trinajstić information content (AvgIpc) is 3.30. The van der Waals surface area contributed by atoms with Crippen molar-refractivity contribution in [3.8, 4) is 11.5 Å². The third-order valence-electron chi connectivity index (χ3n) is 5.71. The predicted octanol–water partition coefficient (Wildman–Crippen LogP) is 4.16. The van der Waals surface area contributed by atoms with E-state index in [1.54, 1.807) is 44.2 Å². The highest BCUT2D eigenvalue weighted by molar-refractivity contribution is 6.35. The number of nitrogens with one attached hydrogen (secondary N) is 3. The maximum absolute atomic E-state index is 12.6. The first kappa shape index (κ1) is 22.9. The Balaban J connectivity index is 1.73. The number of hydrogen-bond acceptors (Lipinski definition) is 5. The quantitative estimate of drug-likeness (QED) is 0.463. The lowest BCUT2D eigenvalue weighted by molar-refractivity contribution is -0.122. The molecule has 0 aliphatic carbocycles. The number of hydrazone groups is 1. The Bertz CT molecular complexity index is 1280. The maximum atomic E-state index is 12.6. The number of aromatic nitrogens is 2. The number of aryl methyl sites for hydroxylation is 1. The average molecular weight is 489 g/mol. The van der Waals surface area contributed by atoms with Crippen molar-refractivity contribution in [2.45, 2.75) is 26.4 Å². The van der Waals surface area contributed by atoms with Crippen molar-refractivity contribution in [3.05, 3.63) is 79.2 Å². The Kier molecular flexibility index (Phi) is 6.49. The van der Waals surface area contributed by atoms with Crippen molar-refractivity contribution in [3.63, 3.8) is 0 Å². The summed E-state index contributed by atoms with van der Waals surface area (Å²) in [5, 5.41) is 10.5. The molecule has 172 valence electrons. The van der Waals surface area contributed by atoms with Crippen molar-refractivity contribution in [1.29, 1.82) is 0 Å². The summed E-state index contributed by atoms with van der Waals surface area (Å²) in [5.74, 6) is -0.577. The zero-order valence-corrected chi connectivity index (χ0v) is 19.7. The molecular formula is C23H22Cl2N4O4. The van der Waals surface area contributed by atoms with Crippen LogP contribution in [0.4, 0.5) is 0 Å². The molecule has 2 unspecified atom stereocenters. The number of methoxy groups -OCH3 is 1. The van der Waals surface area contributed by atoms with Gasteiger partial charge in [0.05, 0.1) is 13.0 Å². The van der Waals surface area contributed by atoms with Crippen molar-refractivity contribution in [2.75, 3.05) is 7.11 Å². The molecule has 2 atom stereocenters. The molecule has 2 heterocycles. The van der Waals surface area contributed by atoms with Crippen LogP contribution in [0.15, 0.2) is 46.3 Å². The first-order valence-electron chi connectivity index (χ1n) is 10.2. The molecule has 3 N–H and O–H groups in total. The van der Waals surface area contributed by atoms with Gasteiger partial charge in [0.25, 0.3) is 5.56 Å². The topological polar surface area (TPSA) is 109 Å². The fourth-order valence-electron chi connectivity index (χ4n) is 4.04. The van der Waals surface area contributed by atoms with E-state index in [2.05, 4.69) is 20.7 Å². The third-order valence-corrected chi connectivity index (χ3v) is 6.42. The molecule has 1 aromatic heterocycles. The van der Waals surface area contributed by atoms with Crippen LogP contribution in [0.2, 0.25) is 10.0 Å². The molecule has 0 spiro atoms. The largest absolute Gasteiger partial charge is 0.493 e. The van der Waals surface area contributed by atoms with E-state index in [9.17, 15) is 9.59 Å². The van der Waals surface area contributed by atoms with Crippen LogP contribution < -0.4 is 20.5 Å². The van der Waals surface area contributed by atoms with Crippen LogP contribution in [-0.4, -0.2) is 28.9 Å². The third kappa shape index (κ3) is 4.36. The number of carbonyl (C=O) groups is 1. The van der Waals surface area contributed by atoms with Crippen molar-refractivity contribution in [2.24, 2.45) is 11.0 Å². The fraction of sp³-hybridized carbons (Fsp3) is 0.261. The molecule has 2 aromatic carbocycles. The van der Waals surface area contributed by atoms with Gasteiger partial charge in [-0.3, -0.25) is 14.7 Å². The number of halogens is 2. The smallest absolute Gasteiger partial charge is 0.267 e. The number of carbonyl (C=O) groups excluding carboxylic acids is 1. The Labute approximate surface area is 199 Å². The van der Waals surface area contributed by atoms with Gasteiger partial charge in [-0.25, -0.2) is 5.43 Å². The van der Waals surface area contributed by atoms with Crippen molar-refractivity contribution in [1.82, 2.24) is 15.6 Å². The van der Waals surface area contributed by atoms with E-state index >= 15 is 0 Å². The second-order valence-electron chi connectivity index (χ2n) is 7.70. The minimum Gasteiger partial charge on any atom is -0.493 e. The van der Waals surface area contributed by atoms with E-state index in [4.69, 9.17) is 32.7 Å². The van der Waals surface area contributed by atoms with Crippen LogP contribution in [0.3, 0.4) is 0 Å². The van der Waals surface area contributed by atoms with Gasteiger partial charge in [-0.05, 0) is 43.7 Å². The number of hydrogen-bond donors (Lipinski definition) is 3. The summed E-state index contributed by atoms with van der Waals surface area (Å²) >= 11 is 12.5. The molecule has 1 aliphatic heterocycles. The van der Waals surface area contributed by atoms with Crippen LogP contribution in [0.1, 0.15) is 35.2 Å². The number of rotatable bonds is 7. The second-order valence-corrected chi connectivity index (χ2v) is 8.52. The lowest BCUT2D eigenvalue weighted by atomic mass is 9.78. The molecule has 0 saturated heterocycles. The maximum Gasteiger partial charge on any atom is 0.267 e. The summed E-state index contributed by atoms with van der Waals surface area (Å²) in [6.45, 7) is 3.68. The highest BCUT2D eigenvalue weighted by atomic mass is 35.5. The van der Waals surface area contributed by atoms with Gasteiger partial charge in [0.2, 0.25) is 5.91 Å². The Morgan fingerprint density at radius 2 is 1.79 bits per heavy atom. The zero-order chi connectivity index (χ0) is 23.7. The zero-order valence-electron chi connectivity index (χ0n) is 18.2. The Hall–Kier alpha value is -3.23. The highest BCUT2D eigenvalue weighted by Crippen LogP contribution is 2.39. The Morgan fingerprint density at radius 1 is 1.06 bits per heavy atom. The van der Waals surface area contributed by atoms with Crippen molar-refractivity contribution < 1.29 is 14.3 Å². The van der Waals surface area contributed by atoms with Crippen LogP contribution in [-0.2, 0) is 11.4 Å². The second kappa shape index (κ2) is 9.33. The number of nitrogens with zero attached hydrogens (tertiary/aromatic N) is 1. The van der Waals surface area contributed by atoms with E-state index in [0.29, 0.717) is 49.6 Å². The van der Waals surface area contributed by atoms with Crippen LogP contribution in [0.5, 0.6) is 11.5 Å². The number of aromatic amines is 2. The number of H-pyrrole nitrogens is 2. The Morgan fingerprint density at radius 3 is 2.36 bits per heavy atom. The summed E-state index contributed by atoms with van der Waals surface area (Å²) in [4.78, 5) is 25.3. The molecule has 4 rings (SSSR count). The van der Waals surface area contributed by atoms with Gasteiger partial charge in [0.1, 0.15) is 6.61 Å². The van der Waals surface area contributed by atoms with E-state index in [0.717, 1.165) is 0 Å². The molecule has 8 nitrogen and oxygen atoms in total. The van der Waals surface area contributed by atoms with E-state index in [1.165, 1.54) is 7.11 Å². The fourth-order valence-corrected chi connectivity index (χ4v) is 4.54. The van der Waals surface area contributed by atoms with Gasteiger partial charge in [-0.2, -0.15) is 5.10 Å². The summed E-state index contributed by atoms with van der Waals surface area (Å²) < 4.78 is 11.5. The molecule has 1 aliphatic rings. The van der Waals surface area contributed by atoms with Gasteiger partial charge in [-0.1, -0.05) is 35.3 Å². The molecule has 0 saturated carbocycles. The molecule has 10 heteroatoms. The molecule has 0 radical (unpaired) electrons. The lowest BCUT2D eigenvalue weighted by Gasteiger charge is -2.23. The molecular weight excluding hydrogens is 467 g/mol. The summed E-state index contributed by atoms with van der Waals surface area (Å²) in [5.41, 5.74) is 5.28. The number of amides is 1. The van der Waals surface area contributed by atoms with Crippen LogP contribution in [0.25, 0.3) is 0 Å². The summed E-state index contributed by atoms with van der Waals surface area (Å²) in [7, 11) is 1.52. The minimum atomic E-state index is -0.640. The number of ether oxygens (including phenoxy) is 2. The lowest BCUT2D eigenvalue weighted by Crippen LogP contribution is -2.31. The minimum absolute atomic E-state index is 0.144. The first-order chi connectivity index (χ1) is 15.8. The van der Waals surface area contributed by atoms with E-state index in [1.807, 2.05) is 6.07 Å². The summed E-state index contributed by atoms with van der Waals surface area (Å²) in [6, 6.07) is 10.6. The molecule has 0 bridgehead atoms. The van der Waals surface area contributed by atoms with E-state index < -0.39 is 11.8 Å². The van der Waals surface area contributed by atoms with Gasteiger partial charge in [0.15, 0.2) is 11.5 Å². The normalized spacial score (nSPS) is 16.3. The van der Waals surface area contributed by atoms with E-state index in [-0.39, 0.29) is 18.1 Å². The first-order valence-corrected chi connectivity index (χ1v) is 10.9. The predicted molar refractivity (Wildman–Crippen MR) is 127 cm³/mol. The monoisotopic (exact) mass is 488 g/mol. The number of benzene rings is 2. The SMILES string of the molecule is COc1cc(C(c2c(C)[nH][nH]c2=O)C2C(=O)NN=C2C)ccc1OCc1c(Cl)cccc1Cl. The van der Waals surface area contributed by atoms with Crippen molar-refractivity contribution >= 4 is 34.8 Å². The molecule has 3 aromatic rings. The van der Waals surface area contributed by atoms with Gasteiger partial charge < -0.3 is 14.6 Å². The van der Waals surface area contributed by atoms with Gasteiger partial charge >= 0.3 is 0 Å².